The van der Waals surface area contributed by atoms with Crippen LogP contribution in [0.4, 0.5) is 0 Å². The van der Waals surface area contributed by atoms with Crippen LogP contribution in [0.1, 0.15) is 44.9 Å². The van der Waals surface area contributed by atoms with Gasteiger partial charge < -0.3 is 0 Å². The fourth-order valence-electron chi connectivity index (χ4n) is 1.33. The van der Waals surface area contributed by atoms with Crippen molar-refractivity contribution in [2.45, 2.75) is 44.9 Å². The maximum atomic E-state index is 2.39. The molecule has 0 fully saturated rings. The predicted molar refractivity (Wildman–Crippen MR) is 45.8 cm³/mol. The Balaban J connectivity index is 2.13. The number of allylic oxidation sites excluding steroid dienone is 2. The van der Waals surface area contributed by atoms with Gasteiger partial charge in [-0.25, -0.2) is 0 Å². The number of hydrogen-bond acceptors (Lipinski definition) is 0. The first kappa shape index (κ1) is 7.84. The first-order valence-electron chi connectivity index (χ1n) is 4.47. The van der Waals surface area contributed by atoms with Crippen molar-refractivity contribution in [2.75, 3.05) is 0 Å². The van der Waals surface area contributed by atoms with Gasteiger partial charge in [-0.15, -0.1) is 0 Å². The van der Waals surface area contributed by atoms with E-state index in [-0.39, 0.29) is 0 Å². The van der Waals surface area contributed by atoms with Crippen molar-refractivity contribution in [3.8, 4) is 0 Å². The van der Waals surface area contributed by atoms with Crippen LogP contribution >= 0.6 is 0 Å². The average Bonchev–Trinajstić information content (AvgIpc) is 2.01. The molecule has 1 aliphatic rings. The molecule has 10 heavy (non-hydrogen) atoms. The zero-order valence-corrected chi connectivity index (χ0v) is 6.68. The summed E-state index contributed by atoms with van der Waals surface area (Å²) in [6, 6.07) is 0. The Morgan fingerprint density at radius 3 is 2.40 bits per heavy atom. The molecule has 0 aromatic carbocycles. The minimum Gasteiger partial charge on any atom is -0.0885 e. The van der Waals surface area contributed by atoms with E-state index in [0.717, 1.165) is 0 Å². The van der Waals surface area contributed by atoms with Crippen molar-refractivity contribution < 1.29 is 0 Å². The Labute approximate surface area is 64.3 Å². The molecule has 0 saturated carbocycles. The van der Waals surface area contributed by atoms with Gasteiger partial charge in [0.15, 0.2) is 0 Å². The molecule has 1 radical (unpaired) electrons. The van der Waals surface area contributed by atoms with E-state index in [9.17, 15) is 0 Å². The van der Waals surface area contributed by atoms with E-state index in [2.05, 4.69) is 18.6 Å². The summed E-state index contributed by atoms with van der Waals surface area (Å²) >= 11 is 0. The molecule has 57 valence electrons. The molecule has 0 amide bonds. The Morgan fingerprint density at radius 2 is 1.50 bits per heavy atom. The normalized spacial score (nSPS) is 25.6. The topological polar surface area (TPSA) is 0 Å². The summed E-state index contributed by atoms with van der Waals surface area (Å²) < 4.78 is 0. The van der Waals surface area contributed by atoms with Crippen LogP contribution in [0.5, 0.6) is 0 Å². The third-order valence-electron chi connectivity index (χ3n) is 2.00. The van der Waals surface area contributed by atoms with Crippen molar-refractivity contribution in [3.63, 3.8) is 0 Å². The Kier molecular flexibility index (Phi) is 4.33. The second-order valence-corrected chi connectivity index (χ2v) is 2.99. The van der Waals surface area contributed by atoms with Crippen molar-refractivity contribution in [2.24, 2.45) is 0 Å². The first-order chi connectivity index (χ1) is 5.00. The average molecular weight is 137 g/mol. The quantitative estimate of drug-likeness (QED) is 0.448. The molecule has 0 aliphatic heterocycles. The number of hydrogen-bond donors (Lipinski definition) is 0. The molecule has 0 atom stereocenters. The van der Waals surface area contributed by atoms with Crippen LogP contribution in [0, 0.1) is 6.42 Å². The molecule has 0 nitrogen and oxygen atoms in total. The lowest BCUT2D eigenvalue weighted by Gasteiger charge is -2.01. The zero-order chi connectivity index (χ0) is 7.07. The third-order valence-corrected chi connectivity index (χ3v) is 2.00. The highest BCUT2D eigenvalue weighted by molar-refractivity contribution is 4.87. The van der Waals surface area contributed by atoms with Crippen LogP contribution in [0.2, 0.25) is 0 Å². The second kappa shape index (κ2) is 5.52. The third kappa shape index (κ3) is 3.71. The van der Waals surface area contributed by atoms with Crippen molar-refractivity contribution in [1.29, 1.82) is 0 Å². The van der Waals surface area contributed by atoms with Gasteiger partial charge >= 0.3 is 0 Å². The van der Waals surface area contributed by atoms with Gasteiger partial charge in [-0.2, -0.15) is 0 Å². The van der Waals surface area contributed by atoms with Crippen LogP contribution in [-0.4, -0.2) is 0 Å². The SMILES string of the molecule is [CH]1C/C=C/CCCCCC1. The van der Waals surface area contributed by atoms with E-state index >= 15 is 0 Å². The van der Waals surface area contributed by atoms with Gasteiger partial charge in [0.05, 0.1) is 0 Å². The molecule has 1 aliphatic carbocycles. The second-order valence-electron chi connectivity index (χ2n) is 2.99. The molecular formula is C10H17. The maximum Gasteiger partial charge on any atom is -0.0319 e. The van der Waals surface area contributed by atoms with E-state index < -0.39 is 0 Å². The molecule has 0 aromatic heterocycles. The molecular weight excluding hydrogens is 120 g/mol. The summed E-state index contributed by atoms with van der Waals surface area (Å²) in [4.78, 5) is 0. The summed E-state index contributed by atoms with van der Waals surface area (Å²) in [5.41, 5.74) is 0. The monoisotopic (exact) mass is 137 g/mol. The smallest absolute Gasteiger partial charge is 0.0319 e. The van der Waals surface area contributed by atoms with Crippen LogP contribution < -0.4 is 0 Å². The van der Waals surface area contributed by atoms with Crippen molar-refractivity contribution in [3.05, 3.63) is 18.6 Å². The Hall–Kier alpha value is -0.260. The molecule has 0 heterocycles. The summed E-state index contributed by atoms with van der Waals surface area (Å²) in [5, 5.41) is 0. The largest absolute Gasteiger partial charge is 0.0885 e. The lowest BCUT2D eigenvalue weighted by molar-refractivity contribution is 0.634. The lowest BCUT2D eigenvalue weighted by Crippen LogP contribution is -1.82. The minimum absolute atomic E-state index is 1.19. The van der Waals surface area contributed by atoms with Gasteiger partial charge in [0.25, 0.3) is 0 Å². The van der Waals surface area contributed by atoms with Crippen LogP contribution in [0.3, 0.4) is 0 Å². The highest BCUT2D eigenvalue weighted by Gasteiger charge is 1.91. The summed E-state index contributed by atoms with van der Waals surface area (Å²) in [5.74, 6) is 0. The van der Waals surface area contributed by atoms with E-state index in [1.165, 1.54) is 44.9 Å². The summed E-state index contributed by atoms with van der Waals surface area (Å²) in [6.07, 6.45) is 16.5. The molecule has 0 spiro atoms. The predicted octanol–water partition coefficient (Wildman–Crippen LogP) is 3.49. The van der Waals surface area contributed by atoms with Gasteiger partial charge in [-0.3, -0.25) is 0 Å². The lowest BCUT2D eigenvalue weighted by atomic mass is 10.1. The molecule has 0 saturated heterocycles. The molecule has 0 N–H and O–H groups in total. The summed E-state index contributed by atoms with van der Waals surface area (Å²) in [6.45, 7) is 0. The van der Waals surface area contributed by atoms with Gasteiger partial charge in [-0.1, -0.05) is 31.4 Å². The highest BCUT2D eigenvalue weighted by atomic mass is 14.0. The van der Waals surface area contributed by atoms with Gasteiger partial charge in [0.2, 0.25) is 0 Å². The van der Waals surface area contributed by atoms with Gasteiger partial charge in [-0.05, 0) is 32.1 Å². The fourth-order valence-corrected chi connectivity index (χ4v) is 1.33. The molecule has 0 bridgehead atoms. The van der Waals surface area contributed by atoms with E-state index in [1.807, 2.05) is 0 Å². The first-order valence-corrected chi connectivity index (χ1v) is 4.47. The van der Waals surface area contributed by atoms with Crippen LogP contribution in [-0.2, 0) is 0 Å². The van der Waals surface area contributed by atoms with Gasteiger partial charge in [0.1, 0.15) is 0 Å². The van der Waals surface area contributed by atoms with E-state index in [0.29, 0.717) is 0 Å². The molecule has 0 unspecified atom stereocenters. The zero-order valence-electron chi connectivity index (χ0n) is 6.68. The van der Waals surface area contributed by atoms with Crippen molar-refractivity contribution in [1.82, 2.24) is 0 Å². The van der Waals surface area contributed by atoms with E-state index in [4.69, 9.17) is 0 Å². The van der Waals surface area contributed by atoms with Crippen LogP contribution in [0.25, 0.3) is 0 Å². The molecule has 0 aromatic rings. The summed E-state index contributed by atoms with van der Waals surface area (Å²) in [7, 11) is 0. The van der Waals surface area contributed by atoms with E-state index in [1.54, 1.807) is 0 Å². The van der Waals surface area contributed by atoms with Crippen LogP contribution in [0.15, 0.2) is 12.2 Å². The Morgan fingerprint density at radius 1 is 0.700 bits per heavy atom. The van der Waals surface area contributed by atoms with Crippen molar-refractivity contribution >= 4 is 0 Å². The minimum atomic E-state index is 1.19. The number of rotatable bonds is 0. The standard InChI is InChI=1S/C10H17/c1-2-4-6-8-10-9-7-5-3-1/h1-2,5H,3-4,6-10H2/b2-1+. The molecule has 1 rings (SSSR count). The highest BCUT2D eigenvalue weighted by Crippen LogP contribution is 2.10. The molecule has 0 heteroatoms. The Bertz CT molecular complexity index is 80.2. The fraction of sp³-hybridized carbons (Fsp3) is 0.700. The maximum absolute atomic E-state index is 2.39. The van der Waals surface area contributed by atoms with Gasteiger partial charge in [0, 0.05) is 0 Å².